The second-order valence-electron chi connectivity index (χ2n) is 6.78. The van der Waals surface area contributed by atoms with Crippen LogP contribution in [0.15, 0.2) is 35.5 Å². The highest BCUT2D eigenvalue weighted by Gasteiger charge is 2.22. The number of hydrogen-bond donors (Lipinski definition) is 0. The van der Waals surface area contributed by atoms with Gasteiger partial charge in [-0.3, -0.25) is 4.79 Å². The summed E-state index contributed by atoms with van der Waals surface area (Å²) >= 11 is 7.43. The van der Waals surface area contributed by atoms with Crippen LogP contribution in [0.4, 0.5) is 5.69 Å². The number of fused-ring (bicyclic) bond motifs is 1. The van der Waals surface area contributed by atoms with Gasteiger partial charge in [-0.1, -0.05) is 29.4 Å². The van der Waals surface area contributed by atoms with E-state index in [9.17, 15) is 4.79 Å². The maximum absolute atomic E-state index is 12.6. The molecule has 0 bridgehead atoms. The highest BCUT2D eigenvalue weighted by atomic mass is 35.5. The van der Waals surface area contributed by atoms with Gasteiger partial charge in [-0.2, -0.15) is 4.98 Å². The molecule has 1 amide bonds. The Bertz CT molecular complexity index is 1010. The van der Waals surface area contributed by atoms with Crippen LogP contribution in [0.1, 0.15) is 11.4 Å². The largest absolute Gasteiger partial charge is 0.368 e. The molecule has 28 heavy (non-hydrogen) atoms. The number of aryl methyl sites for hydroxylation is 2. The molecule has 1 fully saturated rings. The van der Waals surface area contributed by atoms with Crippen LogP contribution in [0.25, 0.3) is 5.78 Å². The molecule has 0 atom stereocenters. The van der Waals surface area contributed by atoms with Gasteiger partial charge < -0.3 is 9.80 Å². The Balaban J connectivity index is 1.33. The van der Waals surface area contributed by atoms with Crippen molar-refractivity contribution in [2.75, 3.05) is 36.8 Å². The van der Waals surface area contributed by atoms with Crippen molar-refractivity contribution in [3.05, 3.63) is 46.7 Å². The Morgan fingerprint density at radius 3 is 2.68 bits per heavy atom. The van der Waals surface area contributed by atoms with E-state index in [1.54, 1.807) is 4.52 Å². The highest BCUT2D eigenvalue weighted by molar-refractivity contribution is 7.99. The summed E-state index contributed by atoms with van der Waals surface area (Å²) in [7, 11) is 0. The van der Waals surface area contributed by atoms with Gasteiger partial charge in [0.15, 0.2) is 0 Å². The first kappa shape index (κ1) is 19.0. The van der Waals surface area contributed by atoms with Crippen molar-refractivity contribution in [2.24, 2.45) is 0 Å². The van der Waals surface area contributed by atoms with E-state index in [0.29, 0.717) is 29.8 Å². The molecule has 3 heterocycles. The third-order valence-corrected chi connectivity index (χ3v) is 5.79. The zero-order valence-corrected chi connectivity index (χ0v) is 17.4. The van der Waals surface area contributed by atoms with Crippen LogP contribution in [0.5, 0.6) is 0 Å². The third kappa shape index (κ3) is 4.07. The van der Waals surface area contributed by atoms with E-state index in [1.165, 1.54) is 11.8 Å². The van der Waals surface area contributed by atoms with Gasteiger partial charge in [0.2, 0.25) is 11.1 Å². The number of benzene rings is 1. The Labute approximate surface area is 172 Å². The molecule has 1 aliphatic heterocycles. The summed E-state index contributed by atoms with van der Waals surface area (Å²) in [5.41, 5.74) is 2.98. The average Bonchev–Trinajstić information content (AvgIpc) is 3.09. The van der Waals surface area contributed by atoms with Gasteiger partial charge in [-0.25, -0.2) is 9.50 Å². The van der Waals surface area contributed by atoms with Crippen molar-refractivity contribution in [3.8, 4) is 0 Å². The van der Waals surface area contributed by atoms with E-state index in [0.717, 1.165) is 35.2 Å². The number of halogens is 1. The van der Waals surface area contributed by atoms with Crippen molar-refractivity contribution in [3.63, 3.8) is 0 Å². The van der Waals surface area contributed by atoms with Gasteiger partial charge in [0, 0.05) is 48.3 Å². The summed E-state index contributed by atoms with van der Waals surface area (Å²) in [5.74, 6) is 1.00. The zero-order chi connectivity index (χ0) is 19.7. The molecule has 1 aliphatic rings. The number of amides is 1. The summed E-state index contributed by atoms with van der Waals surface area (Å²) in [5, 5.41) is 5.75. The molecule has 4 rings (SSSR count). The van der Waals surface area contributed by atoms with Gasteiger partial charge in [0.1, 0.15) is 0 Å². The molecule has 1 aromatic carbocycles. The number of carbonyl (C=O) groups is 1. The standard InChI is InChI=1S/C19H21ClN6OS/c1-13-10-14(2)26-18(21-13)22-19(23-26)28-12-17(27)25-8-6-24(7-9-25)16-5-3-4-15(20)11-16/h3-5,10-11H,6-9,12H2,1-2H3. The summed E-state index contributed by atoms with van der Waals surface area (Å²) in [6.07, 6.45) is 0. The first-order valence-electron chi connectivity index (χ1n) is 9.12. The van der Waals surface area contributed by atoms with Gasteiger partial charge in [0.05, 0.1) is 5.75 Å². The molecule has 0 N–H and O–H groups in total. The number of carbonyl (C=O) groups excluding carboxylic acids is 1. The molecule has 0 radical (unpaired) electrons. The number of anilines is 1. The van der Waals surface area contributed by atoms with Gasteiger partial charge in [-0.05, 0) is 38.1 Å². The topological polar surface area (TPSA) is 66.6 Å². The number of piperazine rings is 1. The maximum atomic E-state index is 12.6. The first-order valence-corrected chi connectivity index (χ1v) is 10.5. The second kappa shape index (κ2) is 7.97. The van der Waals surface area contributed by atoms with E-state index < -0.39 is 0 Å². The Hall–Kier alpha value is -2.32. The lowest BCUT2D eigenvalue weighted by atomic mass is 10.2. The lowest BCUT2D eigenvalue weighted by Gasteiger charge is -2.36. The van der Waals surface area contributed by atoms with Crippen molar-refractivity contribution in [2.45, 2.75) is 19.0 Å². The lowest BCUT2D eigenvalue weighted by Crippen LogP contribution is -2.49. The maximum Gasteiger partial charge on any atom is 0.253 e. The van der Waals surface area contributed by atoms with Crippen molar-refractivity contribution in [1.29, 1.82) is 0 Å². The van der Waals surface area contributed by atoms with E-state index in [4.69, 9.17) is 11.6 Å². The minimum absolute atomic E-state index is 0.107. The van der Waals surface area contributed by atoms with Crippen LogP contribution >= 0.6 is 23.4 Å². The fraction of sp³-hybridized carbons (Fsp3) is 0.368. The fourth-order valence-corrected chi connectivity index (χ4v) is 4.22. The van der Waals surface area contributed by atoms with E-state index in [-0.39, 0.29) is 5.91 Å². The summed E-state index contributed by atoms with van der Waals surface area (Å²) in [6.45, 7) is 6.89. The first-order chi connectivity index (χ1) is 13.5. The monoisotopic (exact) mass is 416 g/mol. The van der Waals surface area contributed by atoms with Crippen molar-refractivity contribution >= 4 is 40.7 Å². The number of rotatable bonds is 4. The predicted octanol–water partition coefficient (Wildman–Crippen LogP) is 2.84. The van der Waals surface area contributed by atoms with E-state index in [1.807, 2.05) is 49.1 Å². The van der Waals surface area contributed by atoms with Crippen LogP contribution in [0.2, 0.25) is 5.02 Å². The van der Waals surface area contributed by atoms with Crippen LogP contribution < -0.4 is 4.90 Å². The Kier molecular flexibility index (Phi) is 5.41. The van der Waals surface area contributed by atoms with Crippen LogP contribution in [0.3, 0.4) is 0 Å². The molecule has 1 saturated heterocycles. The normalized spacial score (nSPS) is 14.7. The summed E-state index contributed by atoms with van der Waals surface area (Å²) < 4.78 is 1.71. The molecule has 0 spiro atoms. The van der Waals surface area contributed by atoms with Crippen LogP contribution in [0, 0.1) is 13.8 Å². The average molecular weight is 417 g/mol. The number of aromatic nitrogens is 4. The quantitative estimate of drug-likeness (QED) is 0.609. The predicted molar refractivity (Wildman–Crippen MR) is 111 cm³/mol. The van der Waals surface area contributed by atoms with E-state index >= 15 is 0 Å². The summed E-state index contributed by atoms with van der Waals surface area (Å²) in [4.78, 5) is 25.6. The SMILES string of the molecule is Cc1cc(C)n2nc(SCC(=O)N3CCN(c4cccc(Cl)c4)CC3)nc2n1. The van der Waals surface area contributed by atoms with Gasteiger partial charge in [0.25, 0.3) is 5.78 Å². The fourth-order valence-electron chi connectivity index (χ4n) is 3.31. The zero-order valence-electron chi connectivity index (χ0n) is 15.8. The number of nitrogens with zero attached hydrogens (tertiary/aromatic N) is 6. The molecule has 3 aromatic rings. The lowest BCUT2D eigenvalue weighted by molar-refractivity contribution is -0.128. The molecule has 7 nitrogen and oxygen atoms in total. The molecule has 0 unspecified atom stereocenters. The molecular weight excluding hydrogens is 396 g/mol. The molecule has 2 aromatic heterocycles. The molecule has 0 aliphatic carbocycles. The van der Waals surface area contributed by atoms with Gasteiger partial charge in [-0.15, -0.1) is 5.10 Å². The van der Waals surface area contributed by atoms with Crippen LogP contribution in [-0.2, 0) is 4.79 Å². The van der Waals surface area contributed by atoms with Crippen molar-refractivity contribution < 1.29 is 4.79 Å². The highest BCUT2D eigenvalue weighted by Crippen LogP contribution is 2.21. The third-order valence-electron chi connectivity index (χ3n) is 4.73. The van der Waals surface area contributed by atoms with Gasteiger partial charge >= 0.3 is 0 Å². The minimum Gasteiger partial charge on any atom is -0.368 e. The molecular formula is C19H21ClN6OS. The molecule has 146 valence electrons. The Morgan fingerprint density at radius 1 is 1.14 bits per heavy atom. The second-order valence-corrected chi connectivity index (χ2v) is 8.16. The molecule has 0 saturated carbocycles. The van der Waals surface area contributed by atoms with Crippen LogP contribution in [-0.4, -0.2) is 62.3 Å². The van der Waals surface area contributed by atoms with Crippen molar-refractivity contribution in [1.82, 2.24) is 24.5 Å². The minimum atomic E-state index is 0.107. The smallest absolute Gasteiger partial charge is 0.253 e. The van der Waals surface area contributed by atoms with E-state index in [2.05, 4.69) is 20.0 Å². The molecule has 9 heteroatoms. The number of thioether (sulfide) groups is 1. The number of hydrogen-bond acceptors (Lipinski definition) is 6. The summed E-state index contributed by atoms with van der Waals surface area (Å²) in [6, 6.07) is 9.79. The Morgan fingerprint density at radius 2 is 1.93 bits per heavy atom.